The number of aryl methyl sites for hydroxylation is 1. The van der Waals surface area contributed by atoms with Gasteiger partial charge in [0.25, 0.3) is 5.56 Å². The Morgan fingerprint density at radius 3 is 2.45 bits per heavy atom. The number of rotatable bonds is 8. The molecule has 0 radical (unpaired) electrons. The second-order valence-corrected chi connectivity index (χ2v) is 7.57. The van der Waals surface area contributed by atoms with Crippen molar-refractivity contribution in [1.82, 2.24) is 9.66 Å². The molecule has 0 bridgehead atoms. The van der Waals surface area contributed by atoms with Crippen LogP contribution < -0.4 is 11.0 Å². The zero-order valence-electron chi connectivity index (χ0n) is 17.8. The lowest BCUT2D eigenvalue weighted by molar-refractivity contribution is 0.795. The first kappa shape index (κ1) is 20.6. The number of unbranched alkanes of at least 4 members (excludes halogenated alkanes) is 1. The Balaban J connectivity index is 1.66. The number of nitrogens with zero attached hydrogens (tertiary/aromatic N) is 2. The average Bonchev–Trinajstić information content (AvgIpc) is 2.82. The highest BCUT2D eigenvalue weighted by molar-refractivity contribution is 5.79. The van der Waals surface area contributed by atoms with Crippen molar-refractivity contribution in [3.63, 3.8) is 0 Å². The van der Waals surface area contributed by atoms with Gasteiger partial charge < -0.3 is 5.43 Å². The first-order valence-electron chi connectivity index (χ1n) is 10.8. The van der Waals surface area contributed by atoms with Gasteiger partial charge >= 0.3 is 0 Å². The zero-order chi connectivity index (χ0) is 21.5. The van der Waals surface area contributed by atoms with Crippen LogP contribution in [0.3, 0.4) is 0 Å². The second-order valence-electron chi connectivity index (χ2n) is 7.57. The summed E-state index contributed by atoms with van der Waals surface area (Å²) in [4.78, 5) is 18.0. The fraction of sp³-hybridized carbons (Fsp3) is 0.185. The van der Waals surface area contributed by atoms with Crippen molar-refractivity contribution in [3.8, 4) is 11.4 Å². The minimum absolute atomic E-state index is 0.0937. The predicted molar refractivity (Wildman–Crippen MR) is 130 cm³/mol. The van der Waals surface area contributed by atoms with E-state index >= 15 is 0 Å². The largest absolute Gasteiger partial charge is 0.317 e. The fourth-order valence-electron chi connectivity index (χ4n) is 3.58. The molecule has 0 amide bonds. The molecule has 1 N–H and O–H groups in total. The Labute approximate surface area is 182 Å². The van der Waals surface area contributed by atoms with Gasteiger partial charge in [0.05, 0.1) is 10.9 Å². The summed E-state index contributed by atoms with van der Waals surface area (Å²) in [6, 6.07) is 26.0. The van der Waals surface area contributed by atoms with Crippen LogP contribution in [-0.2, 0) is 6.42 Å². The third kappa shape index (κ3) is 4.92. The molecule has 31 heavy (non-hydrogen) atoms. The molecule has 0 saturated heterocycles. The Kier molecular flexibility index (Phi) is 6.58. The summed E-state index contributed by atoms with van der Waals surface area (Å²) < 4.78 is 1.57. The highest BCUT2D eigenvalue weighted by Gasteiger charge is 2.12. The van der Waals surface area contributed by atoms with Gasteiger partial charge in [-0.15, -0.1) is 0 Å². The summed E-state index contributed by atoms with van der Waals surface area (Å²) in [6.07, 6.45) is 7.46. The molecule has 1 aromatic heterocycles. The first-order valence-corrected chi connectivity index (χ1v) is 10.8. The smallest absolute Gasteiger partial charge is 0.280 e. The number of hydrogen-bond acceptors (Lipinski definition) is 3. The molecule has 0 unspecified atom stereocenters. The van der Waals surface area contributed by atoms with Gasteiger partial charge in [-0.1, -0.05) is 92.2 Å². The van der Waals surface area contributed by atoms with Crippen LogP contribution >= 0.6 is 0 Å². The summed E-state index contributed by atoms with van der Waals surface area (Å²) in [5.41, 5.74) is 7.20. The van der Waals surface area contributed by atoms with Crippen molar-refractivity contribution in [2.24, 2.45) is 0 Å². The van der Waals surface area contributed by atoms with Gasteiger partial charge in [-0.25, -0.2) is 9.66 Å². The highest BCUT2D eigenvalue weighted by atomic mass is 16.1. The van der Waals surface area contributed by atoms with E-state index in [2.05, 4.69) is 36.6 Å². The van der Waals surface area contributed by atoms with Crippen LogP contribution in [-0.4, -0.2) is 16.2 Å². The molecular formula is C27H27N3O. The molecule has 0 aliphatic heterocycles. The first-order chi connectivity index (χ1) is 15.3. The second kappa shape index (κ2) is 9.90. The van der Waals surface area contributed by atoms with Gasteiger partial charge in [0.15, 0.2) is 5.82 Å². The monoisotopic (exact) mass is 409 g/mol. The van der Waals surface area contributed by atoms with Crippen LogP contribution in [0.1, 0.15) is 30.9 Å². The van der Waals surface area contributed by atoms with Crippen LogP contribution in [0, 0.1) is 0 Å². The topological polar surface area (TPSA) is 46.9 Å². The van der Waals surface area contributed by atoms with Crippen LogP contribution in [0.2, 0.25) is 0 Å². The molecule has 3 aromatic carbocycles. The molecule has 0 spiro atoms. The number of nitrogens with one attached hydrogen (secondary N) is 1. The fourth-order valence-corrected chi connectivity index (χ4v) is 3.58. The Morgan fingerprint density at radius 1 is 0.935 bits per heavy atom. The van der Waals surface area contributed by atoms with Gasteiger partial charge in [0, 0.05) is 12.1 Å². The number of fused-ring (bicyclic) bond motifs is 1. The van der Waals surface area contributed by atoms with Crippen molar-refractivity contribution in [1.29, 1.82) is 0 Å². The Bertz CT molecular complexity index is 1230. The number of para-hydroxylation sites is 1. The van der Waals surface area contributed by atoms with E-state index in [1.807, 2.05) is 66.7 Å². The summed E-state index contributed by atoms with van der Waals surface area (Å²) in [5.74, 6) is 0.624. The third-order valence-corrected chi connectivity index (χ3v) is 5.28. The summed E-state index contributed by atoms with van der Waals surface area (Å²) in [7, 11) is 0. The van der Waals surface area contributed by atoms with E-state index in [0.717, 1.165) is 17.5 Å². The van der Waals surface area contributed by atoms with Gasteiger partial charge in [-0.2, -0.15) is 0 Å². The van der Waals surface area contributed by atoms with Crippen molar-refractivity contribution >= 4 is 17.0 Å². The molecule has 156 valence electrons. The molecular weight excluding hydrogens is 382 g/mol. The molecule has 1 heterocycles. The van der Waals surface area contributed by atoms with Crippen molar-refractivity contribution in [2.45, 2.75) is 26.2 Å². The van der Waals surface area contributed by atoms with E-state index in [4.69, 9.17) is 4.98 Å². The Morgan fingerprint density at radius 2 is 1.68 bits per heavy atom. The SMILES string of the molecule is CCCCc1ccc(-c2nc3ccccc3c(=O)n2NC/C=C/c2ccccc2)cc1. The summed E-state index contributed by atoms with van der Waals surface area (Å²) in [6.45, 7) is 2.71. The summed E-state index contributed by atoms with van der Waals surface area (Å²) >= 11 is 0. The van der Waals surface area contributed by atoms with E-state index in [1.54, 1.807) is 4.68 Å². The van der Waals surface area contributed by atoms with Crippen LogP contribution in [0.25, 0.3) is 28.4 Å². The van der Waals surface area contributed by atoms with Gasteiger partial charge in [0.1, 0.15) is 0 Å². The maximum Gasteiger partial charge on any atom is 0.280 e. The van der Waals surface area contributed by atoms with Gasteiger partial charge in [0.2, 0.25) is 0 Å². The highest BCUT2D eigenvalue weighted by Crippen LogP contribution is 2.19. The van der Waals surface area contributed by atoms with Crippen LogP contribution in [0.5, 0.6) is 0 Å². The minimum atomic E-state index is -0.0937. The van der Waals surface area contributed by atoms with Crippen molar-refractivity contribution < 1.29 is 0 Å². The van der Waals surface area contributed by atoms with E-state index < -0.39 is 0 Å². The maximum absolute atomic E-state index is 13.2. The molecule has 0 atom stereocenters. The number of benzene rings is 3. The lowest BCUT2D eigenvalue weighted by Crippen LogP contribution is -2.31. The molecule has 0 aliphatic carbocycles. The van der Waals surface area contributed by atoms with Crippen molar-refractivity contribution in [3.05, 3.63) is 106 Å². The van der Waals surface area contributed by atoms with Crippen molar-refractivity contribution in [2.75, 3.05) is 12.0 Å². The molecule has 4 aromatic rings. The molecule has 0 aliphatic rings. The molecule has 4 heteroatoms. The zero-order valence-corrected chi connectivity index (χ0v) is 17.8. The number of aromatic nitrogens is 2. The van der Waals surface area contributed by atoms with Crippen LogP contribution in [0.4, 0.5) is 0 Å². The maximum atomic E-state index is 13.2. The van der Waals surface area contributed by atoms with E-state index in [-0.39, 0.29) is 5.56 Å². The lowest BCUT2D eigenvalue weighted by atomic mass is 10.1. The van der Waals surface area contributed by atoms with E-state index in [1.165, 1.54) is 18.4 Å². The molecule has 0 fully saturated rings. The van der Waals surface area contributed by atoms with E-state index in [9.17, 15) is 4.79 Å². The summed E-state index contributed by atoms with van der Waals surface area (Å²) in [5, 5.41) is 0.602. The quantitative estimate of drug-likeness (QED) is 0.408. The normalized spacial score (nSPS) is 11.3. The van der Waals surface area contributed by atoms with Gasteiger partial charge in [-0.05, 0) is 36.1 Å². The standard InChI is InChI=1S/C27H27N3O/c1-2-3-10-22-16-18-23(19-17-22)26-29-25-15-8-7-14-24(25)27(31)30(26)28-20-9-13-21-11-5-4-6-12-21/h4-9,11-19,28H,2-3,10,20H2,1H3/b13-9+. The molecule has 4 nitrogen and oxygen atoms in total. The number of hydrogen-bond donors (Lipinski definition) is 1. The predicted octanol–water partition coefficient (Wildman–Crippen LogP) is 5.66. The van der Waals surface area contributed by atoms with E-state index in [0.29, 0.717) is 23.3 Å². The van der Waals surface area contributed by atoms with Gasteiger partial charge in [-0.3, -0.25) is 4.79 Å². The lowest BCUT2D eigenvalue weighted by Gasteiger charge is -2.15. The van der Waals surface area contributed by atoms with Crippen LogP contribution in [0.15, 0.2) is 89.7 Å². The molecule has 0 saturated carbocycles. The molecule has 4 rings (SSSR count). The minimum Gasteiger partial charge on any atom is -0.317 e. The third-order valence-electron chi connectivity index (χ3n) is 5.28. The Hall–Kier alpha value is -3.66. The average molecular weight is 410 g/mol.